The van der Waals surface area contributed by atoms with Crippen LogP contribution in [0.15, 0.2) is 36.7 Å². The molecule has 0 bridgehead atoms. The van der Waals surface area contributed by atoms with Crippen molar-refractivity contribution in [3.8, 4) is 5.75 Å². The second kappa shape index (κ2) is 6.38. The number of hydrogen-bond acceptors (Lipinski definition) is 3. The van der Waals surface area contributed by atoms with Gasteiger partial charge in [0.05, 0.1) is 13.2 Å². The normalized spacial score (nSPS) is 12.4. The molecule has 2 rings (SSSR count). The second-order valence-electron chi connectivity index (χ2n) is 4.56. The van der Waals surface area contributed by atoms with Gasteiger partial charge >= 0.3 is 0 Å². The molecule has 102 valence electrons. The van der Waals surface area contributed by atoms with Crippen molar-refractivity contribution in [2.24, 2.45) is 7.05 Å². The molecule has 0 aliphatic carbocycles. The smallest absolute Gasteiger partial charge is 0.130 e. The molecule has 0 aliphatic rings. The van der Waals surface area contributed by atoms with Gasteiger partial charge in [-0.05, 0) is 30.7 Å². The molecule has 2 aromatic rings. The summed E-state index contributed by atoms with van der Waals surface area (Å²) in [6.07, 6.45) is 4.89. The van der Waals surface area contributed by atoms with Gasteiger partial charge in [-0.1, -0.05) is 19.1 Å². The van der Waals surface area contributed by atoms with Gasteiger partial charge in [0.15, 0.2) is 0 Å². The van der Waals surface area contributed by atoms with Crippen molar-refractivity contribution in [1.82, 2.24) is 14.9 Å². The maximum Gasteiger partial charge on any atom is 0.130 e. The fraction of sp³-hybridized carbons (Fsp3) is 0.400. The van der Waals surface area contributed by atoms with Gasteiger partial charge in [-0.2, -0.15) is 0 Å². The van der Waals surface area contributed by atoms with Gasteiger partial charge in [-0.3, -0.25) is 0 Å². The molecule has 1 atom stereocenters. The third-order valence-corrected chi connectivity index (χ3v) is 3.14. The third kappa shape index (κ3) is 3.15. The van der Waals surface area contributed by atoms with Crippen LogP contribution in [0.2, 0.25) is 0 Å². The maximum absolute atomic E-state index is 5.30. The van der Waals surface area contributed by atoms with Gasteiger partial charge < -0.3 is 14.6 Å². The number of nitrogens with one attached hydrogen (secondary N) is 1. The van der Waals surface area contributed by atoms with Crippen molar-refractivity contribution in [3.63, 3.8) is 0 Å². The Morgan fingerprint density at radius 3 is 2.89 bits per heavy atom. The Morgan fingerprint density at radius 1 is 1.42 bits per heavy atom. The highest BCUT2D eigenvalue weighted by molar-refractivity contribution is 5.33. The van der Waals surface area contributed by atoms with Gasteiger partial charge in [-0.15, -0.1) is 0 Å². The molecule has 0 saturated heterocycles. The first-order valence-corrected chi connectivity index (χ1v) is 6.60. The first-order chi connectivity index (χ1) is 9.26. The van der Waals surface area contributed by atoms with Crippen LogP contribution in [0, 0.1) is 0 Å². The average molecular weight is 259 g/mol. The van der Waals surface area contributed by atoms with E-state index in [2.05, 4.69) is 29.4 Å². The maximum atomic E-state index is 5.30. The van der Waals surface area contributed by atoms with Crippen LogP contribution in [0.5, 0.6) is 5.75 Å². The monoisotopic (exact) mass is 259 g/mol. The molecule has 1 unspecified atom stereocenters. The number of aromatic nitrogens is 2. The number of nitrogens with zero attached hydrogens (tertiary/aromatic N) is 2. The minimum atomic E-state index is 0.0926. The lowest BCUT2D eigenvalue weighted by Gasteiger charge is -2.19. The quantitative estimate of drug-likeness (QED) is 0.866. The van der Waals surface area contributed by atoms with Crippen LogP contribution >= 0.6 is 0 Å². The van der Waals surface area contributed by atoms with Crippen LogP contribution in [0.25, 0.3) is 0 Å². The van der Waals surface area contributed by atoms with Gasteiger partial charge in [-0.25, -0.2) is 4.98 Å². The standard InChI is InChI=1S/C15H21N3O/c1-4-8-16-14(15-17-9-10-18(15)2)12-6-5-7-13(11-12)19-3/h5-7,9-11,14,16H,4,8H2,1-3H3. The fourth-order valence-electron chi connectivity index (χ4n) is 2.12. The van der Waals surface area contributed by atoms with Gasteiger partial charge in [0.1, 0.15) is 11.6 Å². The first kappa shape index (κ1) is 13.6. The van der Waals surface area contributed by atoms with Crippen LogP contribution in [-0.2, 0) is 7.05 Å². The summed E-state index contributed by atoms with van der Waals surface area (Å²) in [5.74, 6) is 1.89. The highest BCUT2D eigenvalue weighted by atomic mass is 16.5. The summed E-state index contributed by atoms with van der Waals surface area (Å²) in [5.41, 5.74) is 1.17. The number of methoxy groups -OCH3 is 1. The highest BCUT2D eigenvalue weighted by Crippen LogP contribution is 2.23. The van der Waals surface area contributed by atoms with E-state index in [0.717, 1.165) is 24.5 Å². The molecule has 1 heterocycles. The minimum Gasteiger partial charge on any atom is -0.497 e. The third-order valence-electron chi connectivity index (χ3n) is 3.14. The lowest BCUT2D eigenvalue weighted by atomic mass is 10.1. The van der Waals surface area contributed by atoms with Crippen LogP contribution in [0.4, 0.5) is 0 Å². The van der Waals surface area contributed by atoms with Crippen LogP contribution in [0.3, 0.4) is 0 Å². The van der Waals surface area contributed by atoms with Gasteiger partial charge in [0.25, 0.3) is 0 Å². The van der Waals surface area contributed by atoms with Gasteiger partial charge in [0, 0.05) is 19.4 Å². The summed E-state index contributed by atoms with van der Waals surface area (Å²) in [6, 6.07) is 8.22. The number of ether oxygens (including phenoxy) is 1. The summed E-state index contributed by atoms with van der Waals surface area (Å²) in [4.78, 5) is 4.46. The summed E-state index contributed by atoms with van der Waals surface area (Å²) in [5, 5.41) is 3.54. The van der Waals surface area contributed by atoms with Crippen LogP contribution in [-0.4, -0.2) is 23.2 Å². The summed E-state index contributed by atoms with van der Waals surface area (Å²) in [7, 11) is 3.71. The molecule has 0 aliphatic heterocycles. The molecule has 19 heavy (non-hydrogen) atoms. The fourth-order valence-corrected chi connectivity index (χ4v) is 2.12. The number of hydrogen-bond donors (Lipinski definition) is 1. The molecule has 1 aromatic heterocycles. The molecule has 1 N–H and O–H groups in total. The Labute approximate surface area is 114 Å². The molecule has 4 heteroatoms. The van der Waals surface area contributed by atoms with Crippen molar-refractivity contribution in [2.45, 2.75) is 19.4 Å². The molecule has 0 fully saturated rings. The first-order valence-electron chi connectivity index (χ1n) is 6.60. The van der Waals surface area contributed by atoms with Crippen molar-refractivity contribution >= 4 is 0 Å². The van der Waals surface area contributed by atoms with Crippen molar-refractivity contribution in [2.75, 3.05) is 13.7 Å². The molecule has 0 saturated carbocycles. The highest BCUT2D eigenvalue weighted by Gasteiger charge is 2.17. The van der Waals surface area contributed by atoms with E-state index in [1.165, 1.54) is 5.56 Å². The Kier molecular flexibility index (Phi) is 4.58. The van der Waals surface area contributed by atoms with Crippen molar-refractivity contribution in [1.29, 1.82) is 0 Å². The van der Waals surface area contributed by atoms with E-state index in [4.69, 9.17) is 4.74 Å². The Balaban J connectivity index is 2.34. The summed E-state index contributed by atoms with van der Waals surface area (Å²) < 4.78 is 7.35. The summed E-state index contributed by atoms with van der Waals surface area (Å²) in [6.45, 7) is 3.11. The zero-order valence-corrected chi connectivity index (χ0v) is 11.8. The number of rotatable bonds is 6. The number of aryl methyl sites for hydroxylation is 1. The Morgan fingerprint density at radius 2 is 2.26 bits per heavy atom. The molecule has 0 spiro atoms. The Hall–Kier alpha value is -1.81. The predicted molar refractivity (Wildman–Crippen MR) is 76.3 cm³/mol. The van der Waals surface area contributed by atoms with Gasteiger partial charge in [0.2, 0.25) is 0 Å². The van der Waals surface area contributed by atoms with E-state index < -0.39 is 0 Å². The molecule has 0 amide bonds. The van der Waals surface area contributed by atoms with E-state index >= 15 is 0 Å². The molecule has 0 radical (unpaired) electrons. The molecular weight excluding hydrogens is 238 g/mol. The Bertz CT molecular complexity index is 522. The van der Waals surface area contributed by atoms with E-state index in [0.29, 0.717) is 0 Å². The van der Waals surface area contributed by atoms with Crippen LogP contribution in [0.1, 0.15) is 30.8 Å². The SMILES string of the molecule is CCCNC(c1cccc(OC)c1)c1nccn1C. The zero-order chi connectivity index (χ0) is 13.7. The van der Waals surface area contributed by atoms with Crippen molar-refractivity contribution < 1.29 is 4.74 Å². The lowest BCUT2D eigenvalue weighted by molar-refractivity contribution is 0.413. The number of benzene rings is 1. The minimum absolute atomic E-state index is 0.0926. The van der Waals surface area contributed by atoms with Crippen molar-refractivity contribution in [3.05, 3.63) is 48.0 Å². The van der Waals surface area contributed by atoms with E-state index in [1.807, 2.05) is 36.1 Å². The number of imidazole rings is 1. The summed E-state index contributed by atoms with van der Waals surface area (Å²) >= 11 is 0. The van der Waals surface area contributed by atoms with Crippen LogP contribution < -0.4 is 10.1 Å². The molecular formula is C15H21N3O. The van der Waals surface area contributed by atoms with E-state index in [1.54, 1.807) is 7.11 Å². The molecule has 1 aromatic carbocycles. The predicted octanol–water partition coefficient (Wildman–Crippen LogP) is 2.52. The zero-order valence-electron chi connectivity index (χ0n) is 11.8. The van der Waals surface area contributed by atoms with E-state index in [-0.39, 0.29) is 6.04 Å². The largest absolute Gasteiger partial charge is 0.497 e. The molecule has 4 nitrogen and oxygen atoms in total. The average Bonchev–Trinajstić information content (AvgIpc) is 2.86. The second-order valence-corrected chi connectivity index (χ2v) is 4.56. The lowest BCUT2D eigenvalue weighted by Crippen LogP contribution is -2.25. The van der Waals surface area contributed by atoms with E-state index in [9.17, 15) is 0 Å². The topological polar surface area (TPSA) is 39.1 Å².